The maximum absolute atomic E-state index is 11.7. The van der Waals surface area contributed by atoms with Crippen molar-refractivity contribution in [1.29, 1.82) is 0 Å². The first-order chi connectivity index (χ1) is 12.0. The van der Waals surface area contributed by atoms with Gasteiger partial charge < -0.3 is 14.8 Å². The molecule has 0 aromatic heterocycles. The Morgan fingerprint density at radius 3 is 2.60 bits per heavy atom. The van der Waals surface area contributed by atoms with Crippen molar-refractivity contribution in [2.45, 2.75) is 26.5 Å². The van der Waals surface area contributed by atoms with Crippen molar-refractivity contribution >= 4 is 27.9 Å². The van der Waals surface area contributed by atoms with Crippen LogP contribution in [0.4, 0.5) is 0 Å². The van der Waals surface area contributed by atoms with Crippen LogP contribution in [-0.4, -0.2) is 19.1 Å². The number of benzene rings is 2. The average molecular weight is 404 g/mol. The van der Waals surface area contributed by atoms with Crippen molar-refractivity contribution in [1.82, 2.24) is 5.32 Å². The van der Waals surface area contributed by atoms with E-state index in [-0.39, 0.29) is 11.9 Å². The molecule has 4 nitrogen and oxygen atoms in total. The lowest BCUT2D eigenvalue weighted by Gasteiger charge is -2.13. The van der Waals surface area contributed by atoms with Crippen LogP contribution in [0.15, 0.2) is 53.0 Å². The van der Waals surface area contributed by atoms with Crippen molar-refractivity contribution in [3.63, 3.8) is 0 Å². The molecule has 2 rings (SSSR count). The van der Waals surface area contributed by atoms with Gasteiger partial charge in [0.15, 0.2) is 11.5 Å². The number of hydrogen-bond donors (Lipinski definition) is 1. The Morgan fingerprint density at radius 2 is 1.96 bits per heavy atom. The van der Waals surface area contributed by atoms with Gasteiger partial charge in [-0.3, -0.25) is 4.79 Å². The van der Waals surface area contributed by atoms with E-state index in [2.05, 4.69) is 21.2 Å². The highest BCUT2D eigenvalue weighted by molar-refractivity contribution is 9.10. The second kappa shape index (κ2) is 9.28. The molecule has 0 aliphatic carbocycles. The van der Waals surface area contributed by atoms with Crippen LogP contribution in [0.1, 0.15) is 25.0 Å². The van der Waals surface area contributed by atoms with Gasteiger partial charge in [0.05, 0.1) is 11.6 Å². The molecule has 0 bridgehead atoms. The summed E-state index contributed by atoms with van der Waals surface area (Å²) in [6, 6.07) is 13.8. The van der Waals surface area contributed by atoms with Gasteiger partial charge in [-0.15, -0.1) is 0 Å². The lowest BCUT2D eigenvalue weighted by atomic mass is 10.2. The zero-order valence-corrected chi connectivity index (χ0v) is 16.2. The summed E-state index contributed by atoms with van der Waals surface area (Å²) in [7, 11) is 1.59. The molecule has 0 heterocycles. The molecule has 0 saturated heterocycles. The third kappa shape index (κ3) is 5.94. The topological polar surface area (TPSA) is 47.6 Å². The van der Waals surface area contributed by atoms with Gasteiger partial charge in [-0.1, -0.05) is 30.3 Å². The molecule has 0 unspecified atom stereocenters. The minimum atomic E-state index is -0.130. The lowest BCUT2D eigenvalue weighted by Crippen LogP contribution is -2.28. The number of carbonyl (C=O) groups is 1. The highest BCUT2D eigenvalue weighted by atomic mass is 79.9. The van der Waals surface area contributed by atoms with E-state index in [9.17, 15) is 4.79 Å². The van der Waals surface area contributed by atoms with Gasteiger partial charge in [-0.25, -0.2) is 0 Å². The van der Waals surface area contributed by atoms with E-state index < -0.39 is 0 Å². The highest BCUT2D eigenvalue weighted by Crippen LogP contribution is 2.37. The van der Waals surface area contributed by atoms with E-state index in [1.165, 1.54) is 6.08 Å². The van der Waals surface area contributed by atoms with Gasteiger partial charge in [0.1, 0.15) is 6.61 Å². The Balaban J connectivity index is 2.14. The van der Waals surface area contributed by atoms with Crippen LogP contribution in [-0.2, 0) is 11.4 Å². The fourth-order valence-electron chi connectivity index (χ4n) is 2.21. The fourth-order valence-corrected chi connectivity index (χ4v) is 2.78. The minimum absolute atomic E-state index is 0.104. The van der Waals surface area contributed by atoms with E-state index in [0.717, 1.165) is 15.6 Å². The quantitative estimate of drug-likeness (QED) is 0.688. The molecule has 0 atom stereocenters. The molecule has 0 radical (unpaired) electrons. The van der Waals surface area contributed by atoms with Crippen molar-refractivity contribution in [2.24, 2.45) is 0 Å². The van der Waals surface area contributed by atoms with Gasteiger partial charge in [0, 0.05) is 12.1 Å². The van der Waals surface area contributed by atoms with E-state index in [1.54, 1.807) is 13.2 Å². The van der Waals surface area contributed by atoms with Crippen LogP contribution >= 0.6 is 15.9 Å². The second-order valence-corrected chi connectivity index (χ2v) is 6.66. The molecule has 132 valence electrons. The van der Waals surface area contributed by atoms with Crippen LogP contribution in [0.25, 0.3) is 6.08 Å². The molecule has 1 N–H and O–H groups in total. The molecule has 1 amide bonds. The zero-order chi connectivity index (χ0) is 18.2. The summed E-state index contributed by atoms with van der Waals surface area (Å²) >= 11 is 3.52. The molecule has 0 aliphatic heterocycles. The van der Waals surface area contributed by atoms with Gasteiger partial charge in [-0.2, -0.15) is 0 Å². The van der Waals surface area contributed by atoms with Crippen LogP contribution in [0.2, 0.25) is 0 Å². The van der Waals surface area contributed by atoms with Gasteiger partial charge in [-0.05, 0) is 59.1 Å². The summed E-state index contributed by atoms with van der Waals surface area (Å²) < 4.78 is 12.1. The first kappa shape index (κ1) is 19.1. The van der Waals surface area contributed by atoms with Crippen LogP contribution in [0, 0.1) is 0 Å². The van der Waals surface area contributed by atoms with Crippen molar-refractivity contribution in [2.75, 3.05) is 7.11 Å². The molecule has 0 saturated carbocycles. The first-order valence-corrected chi connectivity index (χ1v) is 8.81. The Hall–Kier alpha value is -2.27. The molecule has 0 spiro atoms. The Morgan fingerprint density at radius 1 is 1.24 bits per heavy atom. The van der Waals surface area contributed by atoms with Gasteiger partial charge in [0.25, 0.3) is 0 Å². The SMILES string of the molecule is COc1cc(/C=C/C(=O)NC(C)C)cc(Br)c1OCc1ccccc1. The average Bonchev–Trinajstić information content (AvgIpc) is 2.59. The number of methoxy groups -OCH3 is 1. The summed E-state index contributed by atoms with van der Waals surface area (Å²) in [5.74, 6) is 1.11. The number of carbonyl (C=O) groups excluding carboxylic acids is 1. The van der Waals surface area contributed by atoms with Crippen LogP contribution in [0.5, 0.6) is 11.5 Å². The third-order valence-corrected chi connectivity index (χ3v) is 3.92. The number of amides is 1. The normalized spacial score (nSPS) is 10.9. The fraction of sp³-hybridized carbons (Fsp3) is 0.250. The molecular formula is C20H22BrNO3. The highest BCUT2D eigenvalue weighted by Gasteiger charge is 2.11. The summed E-state index contributed by atoms with van der Waals surface area (Å²) in [5.41, 5.74) is 1.92. The Bertz CT molecular complexity index is 742. The molecule has 2 aromatic rings. The molecule has 25 heavy (non-hydrogen) atoms. The second-order valence-electron chi connectivity index (χ2n) is 5.81. The van der Waals surface area contributed by atoms with Crippen molar-refractivity contribution in [3.05, 3.63) is 64.1 Å². The minimum Gasteiger partial charge on any atom is -0.493 e. The van der Waals surface area contributed by atoms with E-state index in [4.69, 9.17) is 9.47 Å². The first-order valence-electron chi connectivity index (χ1n) is 8.02. The zero-order valence-electron chi connectivity index (χ0n) is 14.6. The standard InChI is InChI=1S/C20H22BrNO3/c1-14(2)22-19(23)10-9-16-11-17(21)20(18(12-16)24-3)25-13-15-7-5-4-6-8-15/h4-12,14H,13H2,1-3H3,(H,22,23)/b10-9+. The van der Waals surface area contributed by atoms with Gasteiger partial charge in [0.2, 0.25) is 5.91 Å². The smallest absolute Gasteiger partial charge is 0.244 e. The summed E-state index contributed by atoms with van der Waals surface area (Å²) in [6.07, 6.45) is 3.25. The maximum atomic E-state index is 11.7. The molecule has 2 aromatic carbocycles. The largest absolute Gasteiger partial charge is 0.493 e. The van der Waals surface area contributed by atoms with Crippen LogP contribution in [0.3, 0.4) is 0 Å². The maximum Gasteiger partial charge on any atom is 0.244 e. The predicted molar refractivity (Wildman–Crippen MR) is 104 cm³/mol. The molecule has 0 fully saturated rings. The molecular weight excluding hydrogens is 382 g/mol. The van der Waals surface area contributed by atoms with E-state index >= 15 is 0 Å². The lowest BCUT2D eigenvalue weighted by molar-refractivity contribution is -0.116. The Labute approximate surface area is 157 Å². The van der Waals surface area contributed by atoms with Crippen LogP contribution < -0.4 is 14.8 Å². The summed E-state index contributed by atoms with van der Waals surface area (Å²) in [5, 5.41) is 2.81. The molecule has 5 heteroatoms. The third-order valence-electron chi connectivity index (χ3n) is 3.34. The summed E-state index contributed by atoms with van der Waals surface area (Å²) in [4.78, 5) is 11.7. The number of nitrogens with one attached hydrogen (secondary N) is 1. The van der Waals surface area contributed by atoms with Crippen molar-refractivity contribution < 1.29 is 14.3 Å². The number of halogens is 1. The van der Waals surface area contributed by atoms with E-state index in [1.807, 2.05) is 56.3 Å². The Kier molecular flexibility index (Phi) is 7.07. The number of hydrogen-bond acceptors (Lipinski definition) is 3. The number of rotatable bonds is 7. The molecule has 0 aliphatic rings. The van der Waals surface area contributed by atoms with Gasteiger partial charge >= 0.3 is 0 Å². The summed E-state index contributed by atoms with van der Waals surface area (Å²) in [6.45, 7) is 4.29. The predicted octanol–water partition coefficient (Wildman–Crippen LogP) is 4.57. The number of ether oxygens (including phenoxy) is 2. The monoisotopic (exact) mass is 403 g/mol. The van der Waals surface area contributed by atoms with E-state index in [0.29, 0.717) is 18.1 Å². The van der Waals surface area contributed by atoms with Crippen molar-refractivity contribution in [3.8, 4) is 11.5 Å².